The average molecular weight is 821 g/mol. The Balaban J connectivity index is 1.16. The first-order valence-corrected chi connectivity index (χ1v) is 22.9. The molecule has 0 amide bonds. The Hall–Kier alpha value is -6.78. The van der Waals surface area contributed by atoms with Crippen LogP contribution in [-0.4, -0.2) is 11.7 Å². The van der Waals surface area contributed by atoms with Gasteiger partial charge >= 0.3 is 0 Å². The van der Waals surface area contributed by atoms with Gasteiger partial charge in [-0.05, 0) is 119 Å². The number of nitrogens with zero attached hydrogens (tertiary/aromatic N) is 2. The van der Waals surface area contributed by atoms with Crippen molar-refractivity contribution >= 4 is 60.8 Å². The number of ether oxygens (including phenoxy) is 2. The fourth-order valence-electron chi connectivity index (χ4n) is 11.3. The molecule has 4 atom stereocenters. The van der Waals surface area contributed by atoms with Gasteiger partial charge in [0.05, 0.1) is 22.7 Å². The summed E-state index contributed by atoms with van der Waals surface area (Å²) in [5.74, 6) is 2.83. The standard InChI is InChI=1S/C59H52N2O2/c1-36(2)47-34-52(60(38-18-8-6-9-19-38)50-26-16-23-43-40-22-12-13-28-54(40)62-57(43)50)45-31-29-42-48(37(3)4)35-53(46-32-30-41(47)55(45)56(42)46)61(39-20-10-7-11-21-39)51-27-17-24-44-49-25-14-15-33-59(49,5)63-58(44)51/h6-10,12-20,22-37,40,49,54H,11,21H2,1-5H3. The van der Waals surface area contributed by atoms with Crippen molar-refractivity contribution in [1.29, 1.82) is 0 Å². The summed E-state index contributed by atoms with van der Waals surface area (Å²) >= 11 is 0. The minimum Gasteiger partial charge on any atom is -0.483 e. The molecule has 0 N–H and O–H groups in total. The largest absolute Gasteiger partial charge is 0.483 e. The van der Waals surface area contributed by atoms with Gasteiger partial charge in [-0.2, -0.15) is 0 Å². The van der Waals surface area contributed by atoms with E-state index in [1.807, 2.05) is 0 Å². The summed E-state index contributed by atoms with van der Waals surface area (Å²) in [5, 5.41) is 7.71. The van der Waals surface area contributed by atoms with E-state index in [1.54, 1.807) is 0 Å². The van der Waals surface area contributed by atoms with Gasteiger partial charge in [0.2, 0.25) is 0 Å². The van der Waals surface area contributed by atoms with Crippen LogP contribution in [0.2, 0.25) is 0 Å². The lowest BCUT2D eigenvalue weighted by Gasteiger charge is -2.34. The molecule has 0 saturated carbocycles. The third-order valence-electron chi connectivity index (χ3n) is 14.3. The maximum atomic E-state index is 7.11. The normalized spacial score (nSPS) is 21.5. The predicted molar refractivity (Wildman–Crippen MR) is 264 cm³/mol. The van der Waals surface area contributed by atoms with Crippen LogP contribution in [0.1, 0.15) is 93.4 Å². The van der Waals surface area contributed by atoms with E-state index < -0.39 is 5.60 Å². The average Bonchev–Trinajstić information content (AvgIpc) is 3.85. The Bertz CT molecular complexity index is 3180. The van der Waals surface area contributed by atoms with Crippen LogP contribution in [0.15, 0.2) is 176 Å². The first kappa shape index (κ1) is 37.9. The number of fused-ring (bicyclic) bond motifs is 6. The molecule has 0 fully saturated rings. The molecule has 4 unspecified atom stereocenters. The molecule has 7 aromatic rings. The number of benzene rings is 7. The van der Waals surface area contributed by atoms with E-state index in [9.17, 15) is 0 Å². The minimum absolute atomic E-state index is 0.0157. The molecule has 2 heterocycles. The highest BCUT2D eigenvalue weighted by Crippen LogP contribution is 2.57. The van der Waals surface area contributed by atoms with Crippen molar-refractivity contribution in [2.75, 3.05) is 9.80 Å². The number of hydrogen-bond acceptors (Lipinski definition) is 4. The Morgan fingerprint density at radius 2 is 1.22 bits per heavy atom. The summed E-state index contributed by atoms with van der Waals surface area (Å²) in [6.45, 7) is 11.6. The molecule has 0 saturated heterocycles. The van der Waals surface area contributed by atoms with Gasteiger partial charge in [0, 0.05) is 45.1 Å². The molecule has 3 aliphatic carbocycles. The molecule has 0 aromatic heterocycles. The maximum absolute atomic E-state index is 7.11. The number of allylic oxidation sites excluding steroid dienone is 8. The summed E-state index contributed by atoms with van der Waals surface area (Å²) in [4.78, 5) is 5.01. The second kappa shape index (κ2) is 14.4. The predicted octanol–water partition coefficient (Wildman–Crippen LogP) is 16.0. The summed E-state index contributed by atoms with van der Waals surface area (Å²) in [6.07, 6.45) is 26.3. The number of para-hydroxylation sites is 3. The van der Waals surface area contributed by atoms with Crippen LogP contribution < -0.4 is 19.3 Å². The van der Waals surface area contributed by atoms with Crippen LogP contribution in [0.5, 0.6) is 11.5 Å². The molecule has 4 heteroatoms. The van der Waals surface area contributed by atoms with Crippen LogP contribution in [0, 0.1) is 0 Å². The lowest BCUT2D eigenvalue weighted by atomic mass is 9.82. The zero-order valence-electron chi connectivity index (χ0n) is 36.7. The van der Waals surface area contributed by atoms with Crippen molar-refractivity contribution in [3.8, 4) is 11.5 Å². The molecule has 0 bridgehead atoms. The van der Waals surface area contributed by atoms with Crippen molar-refractivity contribution in [3.63, 3.8) is 0 Å². The van der Waals surface area contributed by atoms with E-state index in [4.69, 9.17) is 9.47 Å². The van der Waals surface area contributed by atoms with Crippen molar-refractivity contribution in [2.24, 2.45) is 0 Å². The molecule has 0 radical (unpaired) electrons. The lowest BCUT2D eigenvalue weighted by Crippen LogP contribution is -2.32. The summed E-state index contributed by atoms with van der Waals surface area (Å²) in [6, 6.07) is 38.9. The molecule has 5 aliphatic rings. The van der Waals surface area contributed by atoms with Crippen LogP contribution in [0.25, 0.3) is 32.3 Å². The number of hydrogen-bond donors (Lipinski definition) is 0. The van der Waals surface area contributed by atoms with E-state index >= 15 is 0 Å². The molecule has 12 rings (SSSR count). The highest BCUT2D eigenvalue weighted by molar-refractivity contribution is 6.29. The summed E-state index contributed by atoms with van der Waals surface area (Å²) in [7, 11) is 0. The molecule has 4 nitrogen and oxygen atoms in total. The topological polar surface area (TPSA) is 24.9 Å². The molecule has 310 valence electrons. The van der Waals surface area contributed by atoms with Gasteiger partial charge in [-0.3, -0.25) is 0 Å². The SMILES string of the molecule is CC(C)c1cc(N(C2=CC=CCC2)c2cccc3c2OC2(C)C=CC=CC32)c2ccc3c(C(C)C)cc(N(c4ccccc4)c4cccc5c4OC4C=CC=CC54)c4ccc1c2c34. The molecule has 63 heavy (non-hydrogen) atoms. The van der Waals surface area contributed by atoms with Crippen LogP contribution >= 0.6 is 0 Å². The molecule has 2 aliphatic heterocycles. The smallest absolute Gasteiger partial charge is 0.148 e. The highest BCUT2D eigenvalue weighted by atomic mass is 16.5. The third-order valence-corrected chi connectivity index (χ3v) is 14.3. The fourth-order valence-corrected chi connectivity index (χ4v) is 11.3. The number of rotatable bonds is 8. The Kier molecular flexibility index (Phi) is 8.66. The zero-order chi connectivity index (χ0) is 42.6. The van der Waals surface area contributed by atoms with Gasteiger partial charge in [-0.1, -0.05) is 143 Å². The van der Waals surface area contributed by atoms with E-state index in [1.165, 1.54) is 66.0 Å². The van der Waals surface area contributed by atoms with Crippen LogP contribution in [0.3, 0.4) is 0 Å². The van der Waals surface area contributed by atoms with Gasteiger partial charge in [-0.15, -0.1) is 0 Å². The monoisotopic (exact) mass is 820 g/mol. The van der Waals surface area contributed by atoms with Crippen molar-refractivity contribution < 1.29 is 9.47 Å². The van der Waals surface area contributed by atoms with Crippen molar-refractivity contribution in [1.82, 2.24) is 0 Å². The van der Waals surface area contributed by atoms with E-state index in [0.717, 1.165) is 47.1 Å². The van der Waals surface area contributed by atoms with Gasteiger partial charge < -0.3 is 19.3 Å². The lowest BCUT2D eigenvalue weighted by molar-refractivity contribution is 0.156. The maximum Gasteiger partial charge on any atom is 0.148 e. The van der Waals surface area contributed by atoms with Gasteiger partial charge in [0.25, 0.3) is 0 Å². The highest BCUT2D eigenvalue weighted by Gasteiger charge is 2.45. The molecule has 7 aromatic carbocycles. The fraction of sp³-hybridized carbons (Fsp3) is 0.220. The van der Waals surface area contributed by atoms with Crippen LogP contribution in [-0.2, 0) is 0 Å². The van der Waals surface area contributed by atoms with E-state index in [2.05, 4.69) is 214 Å². The second-order valence-electron chi connectivity index (χ2n) is 18.8. The number of anilines is 5. The Morgan fingerprint density at radius 3 is 1.90 bits per heavy atom. The molecular weight excluding hydrogens is 769 g/mol. The minimum atomic E-state index is -0.435. The second-order valence-corrected chi connectivity index (χ2v) is 18.8. The van der Waals surface area contributed by atoms with Crippen molar-refractivity contribution in [3.05, 3.63) is 198 Å². The van der Waals surface area contributed by atoms with Crippen molar-refractivity contribution in [2.45, 2.75) is 82.8 Å². The third kappa shape index (κ3) is 5.73. The van der Waals surface area contributed by atoms with Gasteiger partial charge in [0.15, 0.2) is 0 Å². The van der Waals surface area contributed by atoms with E-state index in [0.29, 0.717) is 0 Å². The first-order valence-electron chi connectivity index (χ1n) is 22.9. The Labute approximate surface area is 370 Å². The first-order chi connectivity index (χ1) is 30.8. The Morgan fingerprint density at radius 1 is 0.587 bits per heavy atom. The van der Waals surface area contributed by atoms with Crippen LogP contribution in [0.4, 0.5) is 28.4 Å². The summed E-state index contributed by atoms with van der Waals surface area (Å²) < 4.78 is 14.0. The molecular formula is C59H52N2O2. The summed E-state index contributed by atoms with van der Waals surface area (Å²) in [5.41, 5.74) is 11.6. The van der Waals surface area contributed by atoms with Gasteiger partial charge in [-0.25, -0.2) is 0 Å². The molecule has 0 spiro atoms. The zero-order valence-corrected chi connectivity index (χ0v) is 36.7. The quantitative estimate of drug-likeness (QED) is 0.143. The van der Waals surface area contributed by atoms with E-state index in [-0.39, 0.29) is 29.8 Å². The van der Waals surface area contributed by atoms with Gasteiger partial charge in [0.1, 0.15) is 23.2 Å².